The van der Waals surface area contributed by atoms with E-state index in [1.165, 1.54) is 0 Å². The molecule has 0 bridgehead atoms. The lowest BCUT2D eigenvalue weighted by molar-refractivity contribution is -0.135. The average Bonchev–Trinajstić information content (AvgIpc) is 2.93. The van der Waals surface area contributed by atoms with Gasteiger partial charge in [-0.1, -0.05) is 30.2 Å². The van der Waals surface area contributed by atoms with Crippen molar-refractivity contribution in [1.82, 2.24) is 4.90 Å². The monoisotopic (exact) mass is 375 g/mol. The maximum Gasteiger partial charge on any atom is 0.290 e. The van der Waals surface area contributed by atoms with Gasteiger partial charge in [0, 0.05) is 18.7 Å². The molecule has 1 aliphatic carbocycles. The molecule has 1 fully saturated rings. The maximum atomic E-state index is 13.3. The van der Waals surface area contributed by atoms with E-state index in [2.05, 4.69) is 0 Å². The highest BCUT2D eigenvalue weighted by atomic mass is 35.5. The first-order chi connectivity index (χ1) is 12.6. The minimum Gasteiger partial charge on any atom is -0.483 e. The van der Waals surface area contributed by atoms with Gasteiger partial charge in [0.1, 0.15) is 6.10 Å². The van der Waals surface area contributed by atoms with Gasteiger partial charge in [-0.3, -0.25) is 9.59 Å². The van der Waals surface area contributed by atoms with Crippen molar-refractivity contribution in [2.45, 2.75) is 37.8 Å². The van der Waals surface area contributed by atoms with Gasteiger partial charge in [-0.15, -0.1) is 0 Å². The molecule has 1 aromatic carbocycles. The molecule has 138 valence electrons. The highest BCUT2D eigenvalue weighted by Gasteiger charge is 2.51. The molecule has 0 N–H and O–H groups in total. The molecule has 3 aliphatic rings. The lowest BCUT2D eigenvalue weighted by Crippen LogP contribution is -2.39. The Labute approximate surface area is 157 Å². The molecule has 5 nitrogen and oxygen atoms in total. The third-order valence-electron chi connectivity index (χ3n) is 5.58. The summed E-state index contributed by atoms with van der Waals surface area (Å²) in [5.41, 5.74) is 1.38. The molecule has 6 heteroatoms. The van der Waals surface area contributed by atoms with Crippen molar-refractivity contribution < 1.29 is 19.1 Å². The topological polar surface area (TPSA) is 55.8 Å². The Bertz CT molecular complexity index is 758. The predicted molar refractivity (Wildman–Crippen MR) is 96.6 cm³/mol. The number of Topliss-reactive ketones (excluding diaryl/α,β-unsaturated/α-hetero) is 1. The molecule has 26 heavy (non-hydrogen) atoms. The summed E-state index contributed by atoms with van der Waals surface area (Å²) < 4.78 is 11.3. The molecule has 2 aliphatic heterocycles. The van der Waals surface area contributed by atoms with E-state index >= 15 is 0 Å². The van der Waals surface area contributed by atoms with Crippen molar-refractivity contribution in [2.24, 2.45) is 5.92 Å². The van der Waals surface area contributed by atoms with Crippen LogP contribution in [0, 0.1) is 5.92 Å². The zero-order valence-corrected chi connectivity index (χ0v) is 15.5. The van der Waals surface area contributed by atoms with E-state index in [0.717, 1.165) is 31.2 Å². The first kappa shape index (κ1) is 17.6. The second-order valence-corrected chi connectivity index (χ2v) is 7.54. The Hall–Kier alpha value is -1.85. The van der Waals surface area contributed by atoms with Gasteiger partial charge < -0.3 is 14.4 Å². The minimum absolute atomic E-state index is 0.0733. The number of fused-ring (bicyclic) bond motifs is 1. The maximum absolute atomic E-state index is 13.3. The highest BCUT2D eigenvalue weighted by molar-refractivity contribution is 6.30. The summed E-state index contributed by atoms with van der Waals surface area (Å²) in [7, 11) is 1.60. The van der Waals surface area contributed by atoms with Crippen molar-refractivity contribution >= 4 is 23.3 Å². The number of hydrogen-bond donors (Lipinski definition) is 0. The molecule has 0 spiro atoms. The first-order valence-corrected chi connectivity index (χ1v) is 9.50. The third-order valence-corrected chi connectivity index (χ3v) is 5.83. The number of halogens is 1. The molecule has 0 aromatic heterocycles. The van der Waals surface area contributed by atoms with Crippen LogP contribution in [0.2, 0.25) is 5.02 Å². The Balaban J connectivity index is 1.76. The van der Waals surface area contributed by atoms with Crippen LogP contribution < -0.4 is 0 Å². The van der Waals surface area contributed by atoms with Crippen LogP contribution in [0.5, 0.6) is 0 Å². The van der Waals surface area contributed by atoms with Crippen molar-refractivity contribution in [1.29, 1.82) is 0 Å². The van der Waals surface area contributed by atoms with E-state index in [1.807, 2.05) is 12.1 Å². The molecule has 0 radical (unpaired) electrons. The molecule has 3 atom stereocenters. The molecular formula is C20H22ClNO4. The normalized spacial score (nSPS) is 28.1. The summed E-state index contributed by atoms with van der Waals surface area (Å²) in [6, 6.07) is 6.88. The quantitative estimate of drug-likeness (QED) is 0.810. The fourth-order valence-corrected chi connectivity index (χ4v) is 4.43. The summed E-state index contributed by atoms with van der Waals surface area (Å²) in [6.45, 7) is 0.805. The summed E-state index contributed by atoms with van der Waals surface area (Å²) in [4.78, 5) is 28.0. The van der Waals surface area contributed by atoms with E-state index in [4.69, 9.17) is 21.1 Å². The van der Waals surface area contributed by atoms with Gasteiger partial charge in [0.15, 0.2) is 11.5 Å². The number of amides is 1. The number of ketones is 1. The van der Waals surface area contributed by atoms with Crippen LogP contribution >= 0.6 is 11.6 Å². The fourth-order valence-electron chi connectivity index (χ4n) is 4.30. The fraction of sp³-hybridized carbons (Fsp3) is 0.500. The lowest BCUT2D eigenvalue weighted by atomic mass is 9.77. The molecule has 2 heterocycles. The summed E-state index contributed by atoms with van der Waals surface area (Å²) in [5.74, 6) is -0.0276. The summed E-state index contributed by atoms with van der Waals surface area (Å²) >= 11 is 6.02. The predicted octanol–water partition coefficient (Wildman–Crippen LogP) is 3.28. The van der Waals surface area contributed by atoms with Crippen molar-refractivity contribution in [3.8, 4) is 0 Å². The molecule has 1 saturated carbocycles. The van der Waals surface area contributed by atoms with Gasteiger partial charge in [0.25, 0.3) is 5.91 Å². The number of carbonyl (C=O) groups excluding carboxylic acids is 2. The van der Waals surface area contributed by atoms with Gasteiger partial charge in [0.2, 0.25) is 0 Å². The Morgan fingerprint density at radius 1 is 1.19 bits per heavy atom. The van der Waals surface area contributed by atoms with Crippen LogP contribution in [0.1, 0.15) is 37.3 Å². The second kappa shape index (κ2) is 7.05. The summed E-state index contributed by atoms with van der Waals surface area (Å²) in [5, 5.41) is 0.620. The van der Waals surface area contributed by atoms with Gasteiger partial charge in [0.05, 0.1) is 24.1 Å². The minimum atomic E-state index is -0.430. The van der Waals surface area contributed by atoms with E-state index < -0.39 is 6.04 Å². The van der Waals surface area contributed by atoms with E-state index in [0.29, 0.717) is 23.7 Å². The van der Waals surface area contributed by atoms with Crippen LogP contribution in [0.15, 0.2) is 35.6 Å². The number of nitrogens with zero attached hydrogens (tertiary/aromatic N) is 1. The number of ether oxygens (including phenoxy) is 2. The largest absolute Gasteiger partial charge is 0.483 e. The highest BCUT2D eigenvalue weighted by Crippen LogP contribution is 2.46. The second-order valence-electron chi connectivity index (χ2n) is 7.10. The van der Waals surface area contributed by atoms with Crippen molar-refractivity contribution in [3.63, 3.8) is 0 Å². The molecule has 3 unspecified atom stereocenters. The summed E-state index contributed by atoms with van der Waals surface area (Å²) in [6.07, 6.45) is 3.59. The van der Waals surface area contributed by atoms with Crippen LogP contribution in [0.4, 0.5) is 0 Å². The van der Waals surface area contributed by atoms with Crippen LogP contribution in [0.25, 0.3) is 0 Å². The number of carbonyl (C=O) groups is 2. The molecule has 1 amide bonds. The van der Waals surface area contributed by atoms with Gasteiger partial charge in [-0.2, -0.15) is 0 Å². The first-order valence-electron chi connectivity index (χ1n) is 9.12. The van der Waals surface area contributed by atoms with Crippen LogP contribution in [-0.2, 0) is 19.1 Å². The molecular weight excluding hydrogens is 354 g/mol. The smallest absolute Gasteiger partial charge is 0.290 e. The Kier molecular flexibility index (Phi) is 4.76. The SMILES string of the molecule is COCCN1C(=O)C2=C(C(=O)C3CCCCC3O2)C1c1ccc(Cl)cc1. The van der Waals surface area contributed by atoms with Crippen LogP contribution in [-0.4, -0.2) is 43.0 Å². The number of hydrogen-bond acceptors (Lipinski definition) is 4. The van der Waals surface area contributed by atoms with Gasteiger partial charge in [-0.05, 0) is 37.0 Å². The zero-order valence-electron chi connectivity index (χ0n) is 14.7. The zero-order chi connectivity index (χ0) is 18.3. The Morgan fingerprint density at radius 3 is 2.65 bits per heavy atom. The van der Waals surface area contributed by atoms with E-state index in [1.54, 1.807) is 24.1 Å². The molecule has 4 rings (SSSR count). The number of benzene rings is 1. The number of methoxy groups -OCH3 is 1. The van der Waals surface area contributed by atoms with Gasteiger partial charge >= 0.3 is 0 Å². The molecule has 1 aromatic rings. The third kappa shape index (κ3) is 2.83. The van der Waals surface area contributed by atoms with E-state index in [-0.39, 0.29) is 29.5 Å². The lowest BCUT2D eigenvalue weighted by Gasteiger charge is -2.35. The van der Waals surface area contributed by atoms with E-state index in [9.17, 15) is 9.59 Å². The van der Waals surface area contributed by atoms with Crippen molar-refractivity contribution in [3.05, 3.63) is 46.2 Å². The van der Waals surface area contributed by atoms with Crippen LogP contribution in [0.3, 0.4) is 0 Å². The Morgan fingerprint density at radius 2 is 1.92 bits per heavy atom. The number of rotatable bonds is 4. The molecule has 0 saturated heterocycles. The van der Waals surface area contributed by atoms with Crippen molar-refractivity contribution in [2.75, 3.05) is 20.3 Å². The van der Waals surface area contributed by atoms with Gasteiger partial charge in [-0.25, -0.2) is 0 Å². The standard InChI is InChI=1S/C20H22ClNO4/c1-25-11-10-22-17(12-6-8-13(21)9-7-12)16-18(23)14-4-2-3-5-15(14)26-19(16)20(22)24/h6-9,14-15,17H,2-5,10-11H2,1H3. The average molecular weight is 376 g/mol.